The van der Waals surface area contributed by atoms with Gasteiger partial charge in [0.25, 0.3) is 0 Å². The van der Waals surface area contributed by atoms with Crippen molar-refractivity contribution >= 4 is 70.5 Å². The number of benzene rings is 9. The second-order valence-electron chi connectivity index (χ2n) is 14.4. The van der Waals surface area contributed by atoms with E-state index in [1.807, 2.05) is 11.3 Å². The van der Waals surface area contributed by atoms with Gasteiger partial charge in [0.2, 0.25) is 0 Å². The minimum atomic E-state index is 0.851. The molecule has 0 aliphatic heterocycles. The molecule has 0 saturated carbocycles. The van der Waals surface area contributed by atoms with Crippen molar-refractivity contribution < 1.29 is 4.42 Å². The van der Waals surface area contributed by atoms with E-state index < -0.39 is 0 Å². The standard InChI is InChI=1S/C54H35NOS/c1-5-16-36(17-6-1)40-29-32-47(46(34-40)39-22-11-4-12-23-39)55(48-33-31-42(38-20-9-3-10-21-38)54-52(48)45-24-13-14-27-51(45)57-54)49-26-15-25-44-43-30-28-41(35-50(43)56-53(44)49)37-18-7-2-8-19-37/h1-35H. The van der Waals surface area contributed by atoms with Crippen molar-refractivity contribution in [1.29, 1.82) is 0 Å². The van der Waals surface area contributed by atoms with Crippen molar-refractivity contribution in [2.24, 2.45) is 0 Å². The van der Waals surface area contributed by atoms with Gasteiger partial charge in [0.05, 0.1) is 17.1 Å². The topological polar surface area (TPSA) is 16.4 Å². The molecule has 0 aliphatic carbocycles. The van der Waals surface area contributed by atoms with E-state index in [9.17, 15) is 0 Å². The zero-order valence-electron chi connectivity index (χ0n) is 31.0. The van der Waals surface area contributed by atoms with Crippen LogP contribution in [0.3, 0.4) is 0 Å². The van der Waals surface area contributed by atoms with Crippen LogP contribution in [0.5, 0.6) is 0 Å². The number of rotatable bonds is 7. The third-order valence-electron chi connectivity index (χ3n) is 11.1. The molecular weight excluding hydrogens is 711 g/mol. The zero-order valence-corrected chi connectivity index (χ0v) is 31.8. The fourth-order valence-corrected chi connectivity index (χ4v) is 9.65. The van der Waals surface area contributed by atoms with E-state index >= 15 is 0 Å². The molecule has 0 saturated heterocycles. The van der Waals surface area contributed by atoms with Crippen molar-refractivity contribution in [3.63, 3.8) is 0 Å². The summed E-state index contributed by atoms with van der Waals surface area (Å²) in [4.78, 5) is 2.45. The minimum absolute atomic E-state index is 0.851. The Morgan fingerprint density at radius 2 is 0.912 bits per heavy atom. The molecule has 11 aromatic rings. The highest BCUT2D eigenvalue weighted by atomic mass is 32.1. The molecule has 2 heterocycles. The Balaban J connectivity index is 1.24. The van der Waals surface area contributed by atoms with Crippen molar-refractivity contribution in [3.8, 4) is 44.5 Å². The maximum atomic E-state index is 7.04. The molecule has 0 bridgehead atoms. The summed E-state index contributed by atoms with van der Waals surface area (Å²) in [5.74, 6) is 0. The van der Waals surface area contributed by atoms with E-state index in [4.69, 9.17) is 4.42 Å². The number of nitrogens with zero attached hydrogens (tertiary/aromatic N) is 1. The fourth-order valence-electron chi connectivity index (χ4n) is 8.39. The van der Waals surface area contributed by atoms with Gasteiger partial charge in [0, 0.05) is 36.5 Å². The maximum Gasteiger partial charge on any atom is 0.159 e. The van der Waals surface area contributed by atoms with Crippen molar-refractivity contribution in [1.82, 2.24) is 0 Å². The zero-order chi connectivity index (χ0) is 37.7. The van der Waals surface area contributed by atoms with Gasteiger partial charge >= 0.3 is 0 Å². The highest BCUT2D eigenvalue weighted by Gasteiger charge is 2.26. The lowest BCUT2D eigenvalue weighted by Crippen LogP contribution is -2.12. The molecule has 11 rings (SSSR count). The van der Waals surface area contributed by atoms with Crippen molar-refractivity contribution in [2.45, 2.75) is 0 Å². The highest BCUT2D eigenvalue weighted by molar-refractivity contribution is 7.26. The van der Waals surface area contributed by atoms with Gasteiger partial charge in [-0.1, -0.05) is 170 Å². The molecule has 2 aromatic heterocycles. The van der Waals surface area contributed by atoms with Gasteiger partial charge in [0.1, 0.15) is 5.58 Å². The summed E-state index contributed by atoms with van der Waals surface area (Å²) in [5, 5.41) is 4.64. The van der Waals surface area contributed by atoms with E-state index in [1.165, 1.54) is 42.4 Å². The normalized spacial score (nSPS) is 11.5. The monoisotopic (exact) mass is 745 g/mol. The average Bonchev–Trinajstić information content (AvgIpc) is 3.87. The number of thiophene rings is 1. The van der Waals surface area contributed by atoms with Gasteiger partial charge in [-0.2, -0.15) is 0 Å². The SMILES string of the molecule is c1ccc(-c2ccc(N(c3cccc4c3oc3cc(-c5ccccc5)ccc34)c3ccc(-c4ccccc4)c4sc5ccccc5c34)c(-c3ccccc3)c2)cc1. The number of hydrogen-bond donors (Lipinski definition) is 0. The van der Waals surface area contributed by atoms with E-state index in [0.717, 1.165) is 61.3 Å². The number of fused-ring (bicyclic) bond motifs is 6. The number of para-hydroxylation sites is 1. The van der Waals surface area contributed by atoms with Crippen LogP contribution in [0.25, 0.3) is 86.6 Å². The minimum Gasteiger partial charge on any atom is -0.454 e. The van der Waals surface area contributed by atoms with E-state index in [0.29, 0.717) is 0 Å². The summed E-state index contributed by atoms with van der Waals surface area (Å²) < 4.78 is 9.56. The number of hydrogen-bond acceptors (Lipinski definition) is 3. The summed E-state index contributed by atoms with van der Waals surface area (Å²) in [6.07, 6.45) is 0. The third-order valence-corrected chi connectivity index (χ3v) is 12.3. The van der Waals surface area contributed by atoms with Crippen LogP contribution in [0.15, 0.2) is 217 Å². The Bertz CT molecular complexity index is 3220. The predicted octanol–water partition coefficient (Wildman–Crippen LogP) is 16.1. The molecule has 0 amide bonds. The molecule has 0 N–H and O–H groups in total. The van der Waals surface area contributed by atoms with Crippen molar-refractivity contribution in [2.75, 3.05) is 4.90 Å². The summed E-state index contributed by atoms with van der Waals surface area (Å²) in [5.41, 5.74) is 14.2. The van der Waals surface area contributed by atoms with Crippen LogP contribution < -0.4 is 4.90 Å². The van der Waals surface area contributed by atoms with Crippen LogP contribution in [-0.4, -0.2) is 0 Å². The van der Waals surface area contributed by atoms with Crippen LogP contribution in [0.2, 0.25) is 0 Å². The highest BCUT2D eigenvalue weighted by Crippen LogP contribution is 2.52. The van der Waals surface area contributed by atoms with Gasteiger partial charge in [-0.25, -0.2) is 0 Å². The average molecular weight is 746 g/mol. The Hall–Kier alpha value is -7.20. The lowest BCUT2D eigenvalue weighted by molar-refractivity contribution is 0.669. The third kappa shape index (κ3) is 5.71. The van der Waals surface area contributed by atoms with Gasteiger partial charge in [-0.05, 0) is 81.4 Å². The van der Waals surface area contributed by atoms with E-state index in [1.54, 1.807) is 0 Å². The van der Waals surface area contributed by atoms with Gasteiger partial charge < -0.3 is 9.32 Å². The Labute approximate surface area is 335 Å². The van der Waals surface area contributed by atoms with Gasteiger partial charge in [0.15, 0.2) is 5.58 Å². The van der Waals surface area contributed by atoms with E-state index in [-0.39, 0.29) is 0 Å². The smallest absolute Gasteiger partial charge is 0.159 e. The molecule has 2 nitrogen and oxygen atoms in total. The van der Waals surface area contributed by atoms with Crippen LogP contribution in [0.4, 0.5) is 17.1 Å². The molecule has 0 spiro atoms. The second kappa shape index (κ2) is 13.8. The maximum absolute atomic E-state index is 7.04. The molecule has 0 radical (unpaired) electrons. The Morgan fingerprint density at radius 1 is 0.351 bits per heavy atom. The quantitative estimate of drug-likeness (QED) is 0.162. The molecule has 0 unspecified atom stereocenters. The van der Waals surface area contributed by atoms with Gasteiger partial charge in [-0.15, -0.1) is 11.3 Å². The lowest BCUT2D eigenvalue weighted by Gasteiger charge is -2.29. The first-order valence-electron chi connectivity index (χ1n) is 19.3. The number of anilines is 3. The summed E-state index contributed by atoms with van der Waals surface area (Å²) in [6, 6.07) is 76.2. The molecule has 9 aromatic carbocycles. The molecule has 0 atom stereocenters. The Kier molecular flexibility index (Phi) is 8.04. The van der Waals surface area contributed by atoms with Gasteiger partial charge in [-0.3, -0.25) is 0 Å². The molecule has 0 fully saturated rings. The van der Waals surface area contributed by atoms with Crippen LogP contribution in [-0.2, 0) is 0 Å². The van der Waals surface area contributed by atoms with Crippen molar-refractivity contribution in [3.05, 3.63) is 212 Å². The summed E-state index contributed by atoms with van der Waals surface area (Å²) in [7, 11) is 0. The first-order chi connectivity index (χ1) is 28.3. The molecule has 268 valence electrons. The molecular formula is C54H35NOS. The molecule has 57 heavy (non-hydrogen) atoms. The van der Waals surface area contributed by atoms with Crippen LogP contribution in [0.1, 0.15) is 0 Å². The first kappa shape index (κ1) is 33.2. The summed E-state index contributed by atoms with van der Waals surface area (Å²) >= 11 is 1.86. The predicted molar refractivity (Wildman–Crippen MR) is 243 cm³/mol. The molecule has 3 heteroatoms. The lowest BCUT2D eigenvalue weighted by atomic mass is 9.95. The van der Waals surface area contributed by atoms with E-state index in [2.05, 4.69) is 217 Å². The van der Waals surface area contributed by atoms with Crippen LogP contribution in [0, 0.1) is 0 Å². The van der Waals surface area contributed by atoms with Crippen LogP contribution >= 0.6 is 11.3 Å². The number of furan rings is 1. The molecule has 0 aliphatic rings. The second-order valence-corrected chi connectivity index (χ2v) is 15.5. The fraction of sp³-hybridized carbons (Fsp3) is 0. The largest absolute Gasteiger partial charge is 0.454 e. The first-order valence-corrected chi connectivity index (χ1v) is 20.2. The Morgan fingerprint density at radius 3 is 1.61 bits per heavy atom. The summed E-state index contributed by atoms with van der Waals surface area (Å²) in [6.45, 7) is 0.